The van der Waals surface area contributed by atoms with Crippen LogP contribution in [0.5, 0.6) is 0 Å². The van der Waals surface area contributed by atoms with Crippen molar-refractivity contribution in [3.05, 3.63) is 6.92 Å². The van der Waals surface area contributed by atoms with Gasteiger partial charge in [0.2, 0.25) is 0 Å². The molecule has 0 saturated carbocycles. The van der Waals surface area contributed by atoms with Crippen LogP contribution < -0.4 is 0 Å². The van der Waals surface area contributed by atoms with Crippen LogP contribution in [0.25, 0.3) is 0 Å². The summed E-state index contributed by atoms with van der Waals surface area (Å²) in [5, 5.41) is 0. The second-order valence-electron chi connectivity index (χ2n) is 1.34. The highest BCUT2D eigenvalue weighted by atomic mass is 27.0. The minimum atomic E-state index is -0.287. The molecular weight excluding hydrogens is 131 g/mol. The topological polar surface area (TPSA) is 18.5 Å². The number of rotatable bonds is 4. The van der Waals surface area contributed by atoms with Crippen LogP contribution in [0.1, 0.15) is 13.8 Å². The van der Waals surface area contributed by atoms with Gasteiger partial charge in [0.15, 0.2) is 23.7 Å². The largest absolute Gasteiger partial charge is 0.353 e. The Labute approximate surface area is 67.7 Å². The van der Waals surface area contributed by atoms with Crippen molar-refractivity contribution in [2.45, 2.75) is 20.1 Å². The molecule has 0 aromatic rings. The van der Waals surface area contributed by atoms with Gasteiger partial charge in [0, 0.05) is 20.1 Å². The van der Waals surface area contributed by atoms with Crippen molar-refractivity contribution in [3.8, 4) is 0 Å². The molecule has 0 aromatic carbocycles. The smallest absolute Gasteiger partial charge is 0.187 e. The van der Waals surface area contributed by atoms with E-state index in [1.807, 2.05) is 13.8 Å². The summed E-state index contributed by atoms with van der Waals surface area (Å²) in [6.45, 7) is 8.72. The van der Waals surface area contributed by atoms with E-state index in [1.165, 1.54) is 0 Å². The average molecular weight is 147 g/mol. The lowest BCUT2D eigenvalue weighted by atomic mass is 10.7. The van der Waals surface area contributed by atoms with Crippen molar-refractivity contribution in [1.29, 1.82) is 0 Å². The van der Waals surface area contributed by atoms with Gasteiger partial charge in [-0.25, -0.2) is 0 Å². The van der Waals surface area contributed by atoms with E-state index in [1.54, 1.807) is 0 Å². The zero-order valence-corrected chi connectivity index (χ0v) is 5.52. The SMILES string of the molecule is [AlH3].[CH2]C(OCC)OCC. The van der Waals surface area contributed by atoms with E-state index in [4.69, 9.17) is 9.47 Å². The molecule has 0 amide bonds. The molecular formula is C6H16AlO2. The molecule has 0 rings (SSSR count). The van der Waals surface area contributed by atoms with E-state index >= 15 is 0 Å². The summed E-state index contributed by atoms with van der Waals surface area (Å²) in [4.78, 5) is 0. The molecule has 1 radical (unpaired) electrons. The highest BCUT2D eigenvalue weighted by Gasteiger charge is 1.95. The van der Waals surface area contributed by atoms with E-state index in [0.29, 0.717) is 13.2 Å². The Morgan fingerprint density at radius 1 is 1.22 bits per heavy atom. The summed E-state index contributed by atoms with van der Waals surface area (Å²) >= 11 is 0. The van der Waals surface area contributed by atoms with Gasteiger partial charge >= 0.3 is 0 Å². The monoisotopic (exact) mass is 147 g/mol. The highest BCUT2D eigenvalue weighted by Crippen LogP contribution is 1.89. The molecule has 0 atom stereocenters. The maximum atomic E-state index is 4.95. The first-order chi connectivity index (χ1) is 3.81. The van der Waals surface area contributed by atoms with Crippen molar-refractivity contribution in [1.82, 2.24) is 0 Å². The highest BCUT2D eigenvalue weighted by molar-refractivity contribution is 5.75. The lowest BCUT2D eigenvalue weighted by Crippen LogP contribution is -2.12. The van der Waals surface area contributed by atoms with Crippen LogP contribution in [0, 0.1) is 6.92 Å². The van der Waals surface area contributed by atoms with Crippen molar-refractivity contribution >= 4 is 17.4 Å². The Morgan fingerprint density at radius 2 is 1.56 bits per heavy atom. The third kappa shape index (κ3) is 8.45. The summed E-state index contributed by atoms with van der Waals surface area (Å²) in [7, 11) is 0. The summed E-state index contributed by atoms with van der Waals surface area (Å²) in [5.74, 6) is 0. The van der Waals surface area contributed by atoms with Crippen molar-refractivity contribution in [3.63, 3.8) is 0 Å². The maximum absolute atomic E-state index is 4.95. The van der Waals surface area contributed by atoms with Gasteiger partial charge < -0.3 is 9.47 Å². The average Bonchev–Trinajstić information content (AvgIpc) is 1.68. The molecule has 0 aromatic heterocycles. The standard InChI is InChI=1S/C6H13O2.Al.3H/c1-4-7-6(3)8-5-2;;;;/h6H,3-5H2,1-2H3;;;;. The lowest BCUT2D eigenvalue weighted by Gasteiger charge is -2.09. The predicted octanol–water partition coefficient (Wildman–Crippen LogP) is 0.0357. The van der Waals surface area contributed by atoms with Crippen molar-refractivity contribution in [2.75, 3.05) is 13.2 Å². The van der Waals surface area contributed by atoms with Crippen LogP contribution in [0.15, 0.2) is 0 Å². The van der Waals surface area contributed by atoms with Gasteiger partial charge in [-0.1, -0.05) is 0 Å². The third-order valence-electron chi connectivity index (χ3n) is 0.705. The van der Waals surface area contributed by atoms with Crippen LogP contribution in [0.3, 0.4) is 0 Å². The lowest BCUT2D eigenvalue weighted by molar-refractivity contribution is -0.105. The van der Waals surface area contributed by atoms with Crippen LogP contribution in [0.2, 0.25) is 0 Å². The summed E-state index contributed by atoms with van der Waals surface area (Å²) < 4.78 is 9.90. The van der Waals surface area contributed by atoms with Gasteiger partial charge in [0.25, 0.3) is 0 Å². The second-order valence-corrected chi connectivity index (χ2v) is 1.34. The van der Waals surface area contributed by atoms with Gasteiger partial charge in [-0.2, -0.15) is 0 Å². The molecule has 2 nitrogen and oxygen atoms in total. The van der Waals surface area contributed by atoms with Gasteiger partial charge in [0.05, 0.1) is 0 Å². The van der Waals surface area contributed by atoms with E-state index < -0.39 is 0 Å². The van der Waals surface area contributed by atoms with Crippen LogP contribution in [-0.2, 0) is 9.47 Å². The molecule has 3 heteroatoms. The quantitative estimate of drug-likeness (QED) is 0.413. The normalized spacial score (nSPS) is 9.33. The Hall–Kier alpha value is 0.452. The number of hydrogen-bond donors (Lipinski definition) is 0. The molecule has 0 bridgehead atoms. The van der Waals surface area contributed by atoms with E-state index in [2.05, 4.69) is 6.92 Å². The van der Waals surface area contributed by atoms with Gasteiger partial charge in [-0.3, -0.25) is 0 Å². The van der Waals surface area contributed by atoms with Crippen molar-refractivity contribution in [2.24, 2.45) is 0 Å². The molecule has 0 aliphatic heterocycles. The Balaban J connectivity index is 0. The van der Waals surface area contributed by atoms with Crippen molar-refractivity contribution < 1.29 is 9.47 Å². The Bertz CT molecular complexity index is 44.3. The molecule has 0 aliphatic carbocycles. The van der Waals surface area contributed by atoms with E-state index in [-0.39, 0.29) is 23.7 Å². The zero-order valence-electron chi connectivity index (χ0n) is 5.52. The summed E-state index contributed by atoms with van der Waals surface area (Å²) in [6.07, 6.45) is -0.287. The first-order valence-corrected chi connectivity index (χ1v) is 2.87. The first-order valence-electron chi connectivity index (χ1n) is 2.87. The minimum absolute atomic E-state index is 0. The van der Waals surface area contributed by atoms with Gasteiger partial charge in [-0.05, 0) is 13.8 Å². The fourth-order valence-corrected chi connectivity index (χ4v) is 0.420. The number of hydrogen-bond acceptors (Lipinski definition) is 2. The molecule has 0 heterocycles. The zero-order chi connectivity index (χ0) is 6.41. The third-order valence-corrected chi connectivity index (χ3v) is 0.705. The molecule has 0 fully saturated rings. The first kappa shape index (κ1) is 12.2. The number of ether oxygens (including phenoxy) is 2. The van der Waals surface area contributed by atoms with Gasteiger partial charge in [0.1, 0.15) is 0 Å². The van der Waals surface area contributed by atoms with Crippen LogP contribution in [-0.4, -0.2) is 36.9 Å². The minimum Gasteiger partial charge on any atom is -0.353 e. The van der Waals surface area contributed by atoms with Crippen LogP contribution in [0.4, 0.5) is 0 Å². The molecule has 9 heavy (non-hydrogen) atoms. The molecule has 0 unspecified atom stereocenters. The Morgan fingerprint density at radius 3 is 1.78 bits per heavy atom. The molecule has 0 spiro atoms. The van der Waals surface area contributed by atoms with Crippen LogP contribution >= 0.6 is 0 Å². The van der Waals surface area contributed by atoms with E-state index in [9.17, 15) is 0 Å². The second kappa shape index (κ2) is 8.45. The van der Waals surface area contributed by atoms with E-state index in [0.717, 1.165) is 0 Å². The molecule has 55 valence electrons. The maximum Gasteiger partial charge on any atom is 0.187 e. The predicted molar refractivity (Wildman–Crippen MR) is 42.3 cm³/mol. The molecule has 0 N–H and O–H groups in total. The Kier molecular flexibility index (Phi) is 11.4. The summed E-state index contributed by atoms with van der Waals surface area (Å²) in [6, 6.07) is 0. The molecule has 0 aliphatic rings. The fourth-order valence-electron chi connectivity index (χ4n) is 0.420. The molecule has 0 saturated heterocycles. The fraction of sp³-hybridized carbons (Fsp3) is 0.833. The summed E-state index contributed by atoms with van der Waals surface area (Å²) in [5.41, 5.74) is 0. The van der Waals surface area contributed by atoms with Gasteiger partial charge in [-0.15, -0.1) is 0 Å².